The lowest BCUT2D eigenvalue weighted by Crippen LogP contribution is -2.37. The molecule has 0 aliphatic heterocycles. The van der Waals surface area contributed by atoms with E-state index in [4.69, 9.17) is 4.74 Å². The number of esters is 1. The summed E-state index contributed by atoms with van der Waals surface area (Å²) in [5.74, 6) is -0.823. The van der Waals surface area contributed by atoms with E-state index in [1.807, 2.05) is 13.8 Å². The normalized spacial score (nSPS) is 11.3. The number of aromatic nitrogens is 5. The van der Waals surface area contributed by atoms with Gasteiger partial charge in [-0.15, -0.1) is 0 Å². The Bertz CT molecular complexity index is 1320. The van der Waals surface area contributed by atoms with Gasteiger partial charge in [0.2, 0.25) is 5.91 Å². The van der Waals surface area contributed by atoms with Gasteiger partial charge in [0.1, 0.15) is 4.88 Å². The highest BCUT2D eigenvalue weighted by Crippen LogP contribution is 2.27. The summed E-state index contributed by atoms with van der Waals surface area (Å²) in [6.07, 6.45) is 0. The van der Waals surface area contributed by atoms with E-state index in [1.54, 1.807) is 25.5 Å². The lowest BCUT2D eigenvalue weighted by atomic mass is 10.4. The third-order valence-electron chi connectivity index (χ3n) is 4.61. The standard InChI is InChI=1S/C19H24N6O5S2/c1-7-30-16(28)13-10(4)20-17(32-13)21-11(26)8-31-18-22-14-12(25(18)9(2)3)15(27)24(6)19(29)23(14)5/h9H,7-8H2,1-6H3,(H,20,21,26). The number of thiazole rings is 1. The fourth-order valence-electron chi connectivity index (χ4n) is 3.10. The van der Waals surface area contributed by atoms with Crippen molar-refractivity contribution in [2.24, 2.45) is 14.1 Å². The molecule has 32 heavy (non-hydrogen) atoms. The molecular weight excluding hydrogens is 456 g/mol. The van der Waals surface area contributed by atoms with Crippen molar-refractivity contribution in [2.45, 2.75) is 38.9 Å². The first-order valence-electron chi connectivity index (χ1n) is 9.81. The molecule has 0 unspecified atom stereocenters. The Balaban J connectivity index is 1.84. The van der Waals surface area contributed by atoms with Gasteiger partial charge < -0.3 is 14.6 Å². The Hall–Kier alpha value is -2.93. The van der Waals surface area contributed by atoms with Gasteiger partial charge in [0.25, 0.3) is 5.56 Å². The van der Waals surface area contributed by atoms with Crippen LogP contribution >= 0.6 is 23.1 Å². The van der Waals surface area contributed by atoms with E-state index in [0.29, 0.717) is 26.4 Å². The van der Waals surface area contributed by atoms with E-state index in [1.165, 1.54) is 11.6 Å². The molecule has 0 fully saturated rings. The van der Waals surface area contributed by atoms with Crippen molar-refractivity contribution in [3.8, 4) is 0 Å². The van der Waals surface area contributed by atoms with Crippen LogP contribution in [0, 0.1) is 6.92 Å². The molecule has 0 atom stereocenters. The molecular formula is C19H24N6O5S2. The number of anilines is 1. The number of fused-ring (bicyclic) bond motifs is 1. The van der Waals surface area contributed by atoms with Gasteiger partial charge in [0, 0.05) is 20.1 Å². The van der Waals surface area contributed by atoms with Crippen LogP contribution in [0.4, 0.5) is 5.13 Å². The van der Waals surface area contributed by atoms with Crippen LogP contribution in [0.5, 0.6) is 0 Å². The second-order valence-corrected chi connectivity index (χ2v) is 9.17. The molecule has 1 amide bonds. The summed E-state index contributed by atoms with van der Waals surface area (Å²) in [4.78, 5) is 58.4. The zero-order valence-corrected chi connectivity index (χ0v) is 20.2. The number of carbonyl (C=O) groups is 2. The maximum absolute atomic E-state index is 12.7. The topological polar surface area (TPSA) is 130 Å². The summed E-state index contributed by atoms with van der Waals surface area (Å²) in [5, 5.41) is 3.42. The van der Waals surface area contributed by atoms with Gasteiger partial charge in [-0.25, -0.2) is 19.6 Å². The van der Waals surface area contributed by atoms with E-state index < -0.39 is 17.2 Å². The molecule has 3 rings (SSSR count). The maximum Gasteiger partial charge on any atom is 0.350 e. The van der Waals surface area contributed by atoms with Gasteiger partial charge in [-0.1, -0.05) is 23.1 Å². The smallest absolute Gasteiger partial charge is 0.350 e. The van der Waals surface area contributed by atoms with Crippen LogP contribution in [0.1, 0.15) is 42.2 Å². The van der Waals surface area contributed by atoms with Gasteiger partial charge >= 0.3 is 11.7 Å². The minimum Gasteiger partial charge on any atom is -0.462 e. The molecule has 3 heterocycles. The number of hydrogen-bond donors (Lipinski definition) is 1. The van der Waals surface area contributed by atoms with Crippen molar-refractivity contribution in [2.75, 3.05) is 17.7 Å². The Labute approximate surface area is 191 Å². The second kappa shape index (κ2) is 9.28. The van der Waals surface area contributed by atoms with Gasteiger partial charge in [-0.2, -0.15) is 0 Å². The van der Waals surface area contributed by atoms with Gasteiger partial charge in [0.15, 0.2) is 21.5 Å². The Morgan fingerprint density at radius 2 is 1.88 bits per heavy atom. The molecule has 0 saturated carbocycles. The minimum atomic E-state index is -0.477. The third kappa shape index (κ3) is 4.35. The molecule has 1 N–H and O–H groups in total. The minimum absolute atomic E-state index is 0.00231. The monoisotopic (exact) mass is 480 g/mol. The van der Waals surface area contributed by atoms with E-state index in [0.717, 1.165) is 27.7 Å². The number of rotatable bonds is 7. The largest absolute Gasteiger partial charge is 0.462 e. The van der Waals surface area contributed by atoms with Crippen LogP contribution in [0.15, 0.2) is 14.7 Å². The van der Waals surface area contributed by atoms with Gasteiger partial charge in [0.05, 0.1) is 18.1 Å². The van der Waals surface area contributed by atoms with Crippen molar-refractivity contribution in [1.29, 1.82) is 0 Å². The molecule has 0 aliphatic carbocycles. The molecule has 0 spiro atoms. The van der Waals surface area contributed by atoms with Crippen molar-refractivity contribution >= 4 is 51.3 Å². The van der Waals surface area contributed by atoms with E-state index in [2.05, 4.69) is 15.3 Å². The third-order valence-corrected chi connectivity index (χ3v) is 6.62. The summed E-state index contributed by atoms with van der Waals surface area (Å²) < 4.78 is 9.06. The highest BCUT2D eigenvalue weighted by atomic mass is 32.2. The van der Waals surface area contributed by atoms with Crippen molar-refractivity contribution in [3.05, 3.63) is 31.4 Å². The summed E-state index contributed by atoms with van der Waals surface area (Å²) >= 11 is 2.19. The number of thioether (sulfide) groups is 1. The predicted molar refractivity (Wildman–Crippen MR) is 123 cm³/mol. The van der Waals surface area contributed by atoms with Crippen molar-refractivity contribution < 1.29 is 14.3 Å². The van der Waals surface area contributed by atoms with Crippen LogP contribution in [0.25, 0.3) is 11.2 Å². The van der Waals surface area contributed by atoms with Crippen molar-refractivity contribution in [1.82, 2.24) is 23.7 Å². The van der Waals surface area contributed by atoms with Crippen LogP contribution in [-0.2, 0) is 23.6 Å². The number of nitrogens with zero attached hydrogens (tertiary/aromatic N) is 5. The highest BCUT2D eigenvalue weighted by molar-refractivity contribution is 7.99. The van der Waals surface area contributed by atoms with Gasteiger partial charge in [-0.3, -0.25) is 18.7 Å². The lowest BCUT2D eigenvalue weighted by molar-refractivity contribution is -0.113. The predicted octanol–water partition coefficient (Wildman–Crippen LogP) is 1.69. The average Bonchev–Trinajstić information content (AvgIpc) is 3.30. The van der Waals surface area contributed by atoms with E-state index in [9.17, 15) is 19.2 Å². The number of imidazole rings is 1. The maximum atomic E-state index is 12.7. The molecule has 172 valence electrons. The van der Waals surface area contributed by atoms with E-state index >= 15 is 0 Å². The van der Waals surface area contributed by atoms with Crippen molar-refractivity contribution in [3.63, 3.8) is 0 Å². The quantitative estimate of drug-likeness (QED) is 0.399. The SMILES string of the molecule is CCOC(=O)c1sc(NC(=O)CSc2nc3c(c(=O)n(C)c(=O)n3C)n2C(C)C)nc1C. The number of ether oxygens (including phenoxy) is 1. The van der Waals surface area contributed by atoms with E-state index in [-0.39, 0.29) is 30.0 Å². The van der Waals surface area contributed by atoms with Crippen LogP contribution in [-0.4, -0.2) is 47.9 Å². The Morgan fingerprint density at radius 3 is 2.50 bits per heavy atom. The molecule has 3 aromatic heterocycles. The number of carbonyl (C=O) groups excluding carboxylic acids is 2. The number of hydrogen-bond acceptors (Lipinski definition) is 9. The Morgan fingerprint density at radius 1 is 1.19 bits per heavy atom. The highest BCUT2D eigenvalue weighted by Gasteiger charge is 2.22. The van der Waals surface area contributed by atoms with Crippen LogP contribution < -0.4 is 16.6 Å². The summed E-state index contributed by atoms with van der Waals surface area (Å²) in [7, 11) is 2.97. The van der Waals surface area contributed by atoms with Crippen LogP contribution in [0.3, 0.4) is 0 Å². The van der Waals surface area contributed by atoms with Crippen LogP contribution in [0.2, 0.25) is 0 Å². The first-order valence-corrected chi connectivity index (χ1v) is 11.6. The molecule has 0 radical (unpaired) electrons. The lowest BCUT2D eigenvalue weighted by Gasteiger charge is -2.12. The summed E-state index contributed by atoms with van der Waals surface area (Å²) in [6.45, 7) is 7.42. The number of aryl methyl sites for hydroxylation is 2. The number of amides is 1. The van der Waals surface area contributed by atoms with Gasteiger partial charge in [-0.05, 0) is 27.7 Å². The summed E-state index contributed by atoms with van der Waals surface area (Å²) in [5.41, 5.74) is 0.147. The molecule has 3 aromatic rings. The molecule has 0 bridgehead atoms. The first-order chi connectivity index (χ1) is 15.1. The average molecular weight is 481 g/mol. The molecule has 11 nitrogen and oxygen atoms in total. The number of nitrogens with one attached hydrogen (secondary N) is 1. The second-order valence-electron chi connectivity index (χ2n) is 7.23. The molecule has 13 heteroatoms. The first kappa shape index (κ1) is 23.7. The molecule has 0 saturated heterocycles. The Kier molecular flexibility index (Phi) is 6.88. The fraction of sp³-hybridized carbons (Fsp3) is 0.474. The zero-order valence-electron chi connectivity index (χ0n) is 18.6. The fourth-order valence-corrected chi connectivity index (χ4v) is 4.90. The molecule has 0 aromatic carbocycles. The molecule has 0 aliphatic rings. The zero-order chi connectivity index (χ0) is 23.7. The summed E-state index contributed by atoms with van der Waals surface area (Å²) in [6, 6.07) is -0.121.